The van der Waals surface area contributed by atoms with Gasteiger partial charge in [0, 0.05) is 0 Å². The topological polar surface area (TPSA) is 65.1 Å². The molecule has 136 valence electrons. The maximum absolute atomic E-state index is 12.8. The second kappa shape index (κ2) is 7.47. The summed E-state index contributed by atoms with van der Waals surface area (Å²) in [5, 5.41) is 0. The van der Waals surface area contributed by atoms with E-state index in [4.69, 9.17) is 14.2 Å². The van der Waals surface area contributed by atoms with E-state index in [1.807, 2.05) is 38.1 Å². The molecule has 1 aliphatic rings. The molecule has 0 aromatic heterocycles. The fourth-order valence-corrected chi connectivity index (χ4v) is 2.96. The van der Waals surface area contributed by atoms with Crippen molar-refractivity contribution < 1.29 is 23.8 Å². The van der Waals surface area contributed by atoms with Crippen LogP contribution < -0.4 is 14.4 Å². The molecule has 0 bridgehead atoms. The highest BCUT2D eigenvalue weighted by atomic mass is 16.6. The van der Waals surface area contributed by atoms with E-state index >= 15 is 0 Å². The Morgan fingerprint density at radius 2 is 1.85 bits per heavy atom. The summed E-state index contributed by atoms with van der Waals surface area (Å²) in [4.78, 5) is 26.1. The van der Waals surface area contributed by atoms with Gasteiger partial charge < -0.3 is 19.1 Å². The number of benzene rings is 2. The normalized spacial score (nSPS) is 15.7. The molecular formula is C20H21NO5. The lowest BCUT2D eigenvalue weighted by Gasteiger charge is -2.33. The van der Waals surface area contributed by atoms with Crippen LogP contribution in [0.5, 0.6) is 11.5 Å². The van der Waals surface area contributed by atoms with Gasteiger partial charge >= 0.3 is 5.97 Å². The second-order valence-electron chi connectivity index (χ2n) is 6.21. The Hall–Kier alpha value is -3.02. The molecule has 1 aliphatic heterocycles. The average molecular weight is 355 g/mol. The van der Waals surface area contributed by atoms with Crippen LogP contribution in [0.25, 0.3) is 0 Å². The number of para-hydroxylation sites is 2. The lowest BCUT2D eigenvalue weighted by molar-refractivity contribution is -0.148. The van der Waals surface area contributed by atoms with E-state index < -0.39 is 12.1 Å². The van der Waals surface area contributed by atoms with E-state index in [9.17, 15) is 9.59 Å². The molecule has 0 aliphatic carbocycles. The van der Waals surface area contributed by atoms with Crippen molar-refractivity contribution >= 4 is 17.6 Å². The van der Waals surface area contributed by atoms with Crippen LogP contribution >= 0.6 is 0 Å². The summed E-state index contributed by atoms with van der Waals surface area (Å²) in [6.45, 7) is 3.89. The molecule has 3 rings (SSSR count). The molecule has 6 nitrogen and oxygen atoms in total. The number of esters is 1. The molecule has 1 amide bonds. The molecule has 26 heavy (non-hydrogen) atoms. The summed E-state index contributed by atoms with van der Waals surface area (Å²) in [6, 6.07) is 12.9. The van der Waals surface area contributed by atoms with Gasteiger partial charge in [-0.05, 0) is 49.2 Å². The van der Waals surface area contributed by atoms with E-state index in [2.05, 4.69) is 0 Å². The van der Waals surface area contributed by atoms with E-state index in [1.54, 1.807) is 18.2 Å². The summed E-state index contributed by atoms with van der Waals surface area (Å²) in [7, 11) is 1.29. The standard InChI is InChI=1S/C20H21NO5/c1-13-8-14(2)10-15(9-13)25-12-19(22)21-11-18(20(23)24-3)26-17-7-5-4-6-16(17)21/h4-10,18H,11-12H2,1-3H3/t18-/m1/s1. The van der Waals surface area contributed by atoms with Gasteiger partial charge in [-0.3, -0.25) is 4.79 Å². The summed E-state index contributed by atoms with van der Waals surface area (Å²) < 4.78 is 16.1. The predicted octanol–water partition coefficient (Wildman–Crippen LogP) is 2.65. The number of carbonyl (C=O) groups is 2. The summed E-state index contributed by atoms with van der Waals surface area (Å²) in [6.07, 6.45) is -0.861. The Kier molecular flexibility index (Phi) is 5.11. The Labute approximate surface area is 152 Å². The number of carbonyl (C=O) groups excluding carboxylic acids is 2. The number of hydrogen-bond acceptors (Lipinski definition) is 5. The minimum atomic E-state index is -0.861. The third-order valence-corrected chi connectivity index (χ3v) is 4.10. The molecule has 0 unspecified atom stereocenters. The first-order chi connectivity index (χ1) is 12.5. The number of aryl methyl sites for hydroxylation is 2. The maximum atomic E-state index is 12.8. The molecular weight excluding hydrogens is 334 g/mol. The second-order valence-corrected chi connectivity index (χ2v) is 6.21. The molecule has 0 saturated carbocycles. The van der Waals surface area contributed by atoms with E-state index in [0.717, 1.165) is 11.1 Å². The fourth-order valence-electron chi connectivity index (χ4n) is 2.96. The fraction of sp³-hybridized carbons (Fsp3) is 0.300. The molecule has 0 saturated heterocycles. The number of amides is 1. The van der Waals surface area contributed by atoms with Crippen LogP contribution in [0.4, 0.5) is 5.69 Å². The van der Waals surface area contributed by atoms with Crippen molar-refractivity contribution in [1.29, 1.82) is 0 Å². The lowest BCUT2D eigenvalue weighted by Crippen LogP contribution is -2.48. The van der Waals surface area contributed by atoms with Gasteiger partial charge in [-0.2, -0.15) is 0 Å². The molecule has 0 N–H and O–H groups in total. The molecule has 2 aromatic carbocycles. The van der Waals surface area contributed by atoms with E-state index in [0.29, 0.717) is 17.2 Å². The summed E-state index contributed by atoms with van der Waals surface area (Å²) in [5.74, 6) is 0.331. The van der Waals surface area contributed by atoms with Crippen molar-refractivity contribution in [2.75, 3.05) is 25.2 Å². The first-order valence-electron chi connectivity index (χ1n) is 8.33. The predicted molar refractivity (Wildman–Crippen MR) is 96.6 cm³/mol. The highest BCUT2D eigenvalue weighted by Crippen LogP contribution is 2.33. The van der Waals surface area contributed by atoms with Crippen LogP contribution in [0, 0.1) is 13.8 Å². The van der Waals surface area contributed by atoms with E-state index in [1.165, 1.54) is 12.0 Å². The number of methoxy groups -OCH3 is 1. The van der Waals surface area contributed by atoms with Gasteiger partial charge in [-0.25, -0.2) is 4.79 Å². The zero-order chi connectivity index (χ0) is 18.7. The third-order valence-electron chi connectivity index (χ3n) is 4.10. The zero-order valence-corrected chi connectivity index (χ0v) is 15.0. The minimum absolute atomic E-state index is 0.0821. The minimum Gasteiger partial charge on any atom is -0.484 e. The SMILES string of the molecule is COC(=O)[C@H]1CN(C(=O)COc2cc(C)cc(C)c2)c2ccccc2O1. The van der Waals surface area contributed by atoms with Crippen molar-refractivity contribution in [1.82, 2.24) is 0 Å². The largest absolute Gasteiger partial charge is 0.484 e. The summed E-state index contributed by atoms with van der Waals surface area (Å²) in [5.41, 5.74) is 2.74. The zero-order valence-electron chi connectivity index (χ0n) is 15.0. The van der Waals surface area contributed by atoms with Gasteiger partial charge in [0.25, 0.3) is 5.91 Å². The number of rotatable bonds is 4. The van der Waals surface area contributed by atoms with E-state index in [-0.39, 0.29) is 19.1 Å². The van der Waals surface area contributed by atoms with Crippen LogP contribution in [0.3, 0.4) is 0 Å². The lowest BCUT2D eigenvalue weighted by atomic mass is 10.1. The quantitative estimate of drug-likeness (QED) is 0.789. The van der Waals surface area contributed by atoms with Crippen LogP contribution in [0.1, 0.15) is 11.1 Å². The molecule has 0 fully saturated rings. The Morgan fingerprint density at radius 3 is 2.54 bits per heavy atom. The van der Waals surface area contributed by atoms with Crippen LogP contribution in [-0.4, -0.2) is 38.2 Å². The number of fused-ring (bicyclic) bond motifs is 1. The van der Waals surface area contributed by atoms with Gasteiger partial charge in [0.05, 0.1) is 19.3 Å². The molecule has 0 radical (unpaired) electrons. The Balaban J connectivity index is 1.77. The average Bonchev–Trinajstić information content (AvgIpc) is 2.63. The van der Waals surface area contributed by atoms with Gasteiger partial charge in [-0.1, -0.05) is 18.2 Å². The molecule has 2 aromatic rings. The van der Waals surface area contributed by atoms with Gasteiger partial charge in [-0.15, -0.1) is 0 Å². The third kappa shape index (κ3) is 3.79. The Bertz CT molecular complexity index is 812. The number of hydrogen-bond donors (Lipinski definition) is 0. The first-order valence-corrected chi connectivity index (χ1v) is 8.33. The van der Waals surface area contributed by atoms with Crippen molar-refractivity contribution in [3.63, 3.8) is 0 Å². The van der Waals surface area contributed by atoms with Crippen LogP contribution in [0.2, 0.25) is 0 Å². The van der Waals surface area contributed by atoms with Gasteiger partial charge in [0.1, 0.15) is 11.5 Å². The molecule has 1 heterocycles. The highest BCUT2D eigenvalue weighted by Gasteiger charge is 2.34. The maximum Gasteiger partial charge on any atom is 0.348 e. The van der Waals surface area contributed by atoms with Crippen LogP contribution in [-0.2, 0) is 14.3 Å². The summed E-state index contributed by atoms with van der Waals surface area (Å²) >= 11 is 0. The molecule has 0 spiro atoms. The van der Waals surface area contributed by atoms with Gasteiger partial charge in [0.2, 0.25) is 6.10 Å². The van der Waals surface area contributed by atoms with Gasteiger partial charge in [0.15, 0.2) is 6.61 Å². The number of ether oxygens (including phenoxy) is 3. The number of anilines is 1. The first kappa shape index (κ1) is 17.8. The highest BCUT2D eigenvalue weighted by molar-refractivity contribution is 5.97. The number of nitrogens with zero attached hydrogens (tertiary/aromatic N) is 1. The smallest absolute Gasteiger partial charge is 0.348 e. The van der Waals surface area contributed by atoms with Crippen molar-refractivity contribution in [3.8, 4) is 11.5 Å². The van der Waals surface area contributed by atoms with Crippen molar-refractivity contribution in [2.45, 2.75) is 20.0 Å². The molecule has 6 heteroatoms. The molecule has 1 atom stereocenters. The van der Waals surface area contributed by atoms with Crippen molar-refractivity contribution in [2.24, 2.45) is 0 Å². The Morgan fingerprint density at radius 1 is 1.15 bits per heavy atom. The van der Waals surface area contributed by atoms with Crippen LogP contribution in [0.15, 0.2) is 42.5 Å². The monoisotopic (exact) mass is 355 g/mol. The van der Waals surface area contributed by atoms with Crippen molar-refractivity contribution in [3.05, 3.63) is 53.6 Å².